The predicted octanol–water partition coefficient (Wildman–Crippen LogP) is 1.39. The minimum Gasteiger partial charge on any atom is -0.508 e. The molecule has 0 fully saturated rings. The van der Waals surface area contributed by atoms with Crippen LogP contribution in [0.4, 0.5) is 4.79 Å². The van der Waals surface area contributed by atoms with Crippen molar-refractivity contribution in [2.75, 3.05) is 13.2 Å². The fourth-order valence-electron chi connectivity index (χ4n) is 1.80. The molecule has 0 aromatic heterocycles. The molecule has 0 aliphatic carbocycles. The molecule has 5 heteroatoms. The zero-order chi connectivity index (χ0) is 14.1. The van der Waals surface area contributed by atoms with E-state index in [0.29, 0.717) is 19.4 Å². The number of aliphatic hydroxyl groups is 1. The van der Waals surface area contributed by atoms with Crippen molar-refractivity contribution in [2.24, 2.45) is 0 Å². The number of aromatic hydroxyl groups is 1. The van der Waals surface area contributed by atoms with Gasteiger partial charge in [0.15, 0.2) is 0 Å². The summed E-state index contributed by atoms with van der Waals surface area (Å²) in [5.41, 5.74) is 0.975. The number of phenolic OH excluding ortho intramolecular Hbond substituents is 1. The number of hydrogen-bond acceptors (Lipinski definition) is 3. The molecule has 0 aliphatic rings. The summed E-state index contributed by atoms with van der Waals surface area (Å²) in [6, 6.07) is 6.76. The Kier molecular flexibility index (Phi) is 6.74. The minimum atomic E-state index is -0.222. The van der Waals surface area contributed by atoms with Crippen molar-refractivity contribution in [3.8, 4) is 5.75 Å². The summed E-state index contributed by atoms with van der Waals surface area (Å²) < 4.78 is 0. The van der Waals surface area contributed by atoms with Crippen molar-refractivity contribution < 1.29 is 15.0 Å². The highest BCUT2D eigenvalue weighted by Crippen LogP contribution is 2.10. The summed E-state index contributed by atoms with van der Waals surface area (Å²) in [6.07, 6.45) is 2.02. The van der Waals surface area contributed by atoms with Gasteiger partial charge in [-0.2, -0.15) is 0 Å². The Bertz CT molecular complexity index is 396. The van der Waals surface area contributed by atoms with Crippen LogP contribution in [-0.4, -0.2) is 35.4 Å². The maximum Gasteiger partial charge on any atom is 0.315 e. The molecule has 4 N–H and O–H groups in total. The van der Waals surface area contributed by atoms with Crippen LogP contribution in [0.2, 0.25) is 0 Å². The number of hydrogen-bond donors (Lipinski definition) is 4. The Balaban J connectivity index is 2.27. The normalized spacial score (nSPS) is 11.9. The van der Waals surface area contributed by atoms with Crippen LogP contribution in [0.5, 0.6) is 5.75 Å². The molecular weight excluding hydrogens is 244 g/mol. The van der Waals surface area contributed by atoms with E-state index in [-0.39, 0.29) is 24.4 Å². The van der Waals surface area contributed by atoms with E-state index in [1.54, 1.807) is 18.2 Å². The predicted molar refractivity (Wildman–Crippen MR) is 74.1 cm³/mol. The molecule has 1 atom stereocenters. The molecule has 0 saturated heterocycles. The highest BCUT2D eigenvalue weighted by atomic mass is 16.3. The van der Waals surface area contributed by atoms with Crippen LogP contribution in [0, 0.1) is 0 Å². The van der Waals surface area contributed by atoms with Gasteiger partial charge in [-0.25, -0.2) is 4.79 Å². The number of carbonyl (C=O) groups is 1. The molecule has 0 heterocycles. The number of urea groups is 1. The van der Waals surface area contributed by atoms with E-state index >= 15 is 0 Å². The number of benzene rings is 1. The van der Waals surface area contributed by atoms with Crippen LogP contribution in [0.25, 0.3) is 0 Å². The molecule has 5 nitrogen and oxygen atoms in total. The number of nitrogens with one attached hydrogen (secondary N) is 2. The standard InChI is InChI=1S/C14H22N2O3/c1-2-12(7-9-17)16-14(19)15-8-6-11-4-3-5-13(18)10-11/h3-5,10,12,17-18H,2,6-9H2,1H3,(H2,15,16,19). The van der Waals surface area contributed by atoms with Gasteiger partial charge < -0.3 is 20.8 Å². The third-order valence-electron chi connectivity index (χ3n) is 2.92. The molecule has 1 aromatic rings. The molecule has 0 aliphatic heterocycles. The van der Waals surface area contributed by atoms with Gasteiger partial charge in [-0.05, 0) is 37.0 Å². The van der Waals surface area contributed by atoms with Gasteiger partial charge in [0.1, 0.15) is 5.75 Å². The molecule has 1 rings (SSSR count). The second-order valence-electron chi connectivity index (χ2n) is 4.44. The lowest BCUT2D eigenvalue weighted by molar-refractivity contribution is 0.228. The van der Waals surface area contributed by atoms with E-state index in [4.69, 9.17) is 5.11 Å². The molecule has 1 unspecified atom stereocenters. The van der Waals surface area contributed by atoms with Crippen molar-refractivity contribution in [3.05, 3.63) is 29.8 Å². The maximum atomic E-state index is 11.6. The summed E-state index contributed by atoms with van der Waals surface area (Å²) in [4.78, 5) is 11.6. The van der Waals surface area contributed by atoms with E-state index in [0.717, 1.165) is 12.0 Å². The first-order chi connectivity index (χ1) is 9.15. The molecule has 0 bridgehead atoms. The quantitative estimate of drug-likeness (QED) is 0.602. The van der Waals surface area contributed by atoms with Crippen LogP contribution in [0.3, 0.4) is 0 Å². The van der Waals surface area contributed by atoms with Crippen LogP contribution in [0.15, 0.2) is 24.3 Å². The van der Waals surface area contributed by atoms with Gasteiger partial charge >= 0.3 is 6.03 Å². The van der Waals surface area contributed by atoms with Crippen LogP contribution in [0.1, 0.15) is 25.3 Å². The highest BCUT2D eigenvalue weighted by Gasteiger charge is 2.08. The second-order valence-corrected chi connectivity index (χ2v) is 4.44. The van der Waals surface area contributed by atoms with Crippen LogP contribution in [-0.2, 0) is 6.42 Å². The third-order valence-corrected chi connectivity index (χ3v) is 2.92. The third kappa shape index (κ3) is 6.10. The van der Waals surface area contributed by atoms with Crippen LogP contribution < -0.4 is 10.6 Å². The summed E-state index contributed by atoms with van der Waals surface area (Å²) in [5.74, 6) is 0.232. The van der Waals surface area contributed by atoms with Crippen molar-refractivity contribution >= 4 is 6.03 Å². The number of amides is 2. The summed E-state index contributed by atoms with van der Waals surface area (Å²) in [6.45, 7) is 2.54. The van der Waals surface area contributed by atoms with Crippen molar-refractivity contribution in [1.29, 1.82) is 0 Å². The first-order valence-electron chi connectivity index (χ1n) is 6.58. The van der Waals surface area contributed by atoms with E-state index in [2.05, 4.69) is 10.6 Å². The average molecular weight is 266 g/mol. The highest BCUT2D eigenvalue weighted by molar-refractivity contribution is 5.74. The van der Waals surface area contributed by atoms with Gasteiger partial charge in [0.25, 0.3) is 0 Å². The molecule has 0 saturated carbocycles. The van der Waals surface area contributed by atoms with Gasteiger partial charge in [-0.15, -0.1) is 0 Å². The monoisotopic (exact) mass is 266 g/mol. The van der Waals surface area contributed by atoms with Gasteiger partial charge in [0, 0.05) is 19.2 Å². The smallest absolute Gasteiger partial charge is 0.315 e. The Morgan fingerprint density at radius 1 is 1.42 bits per heavy atom. The van der Waals surface area contributed by atoms with Crippen molar-refractivity contribution in [1.82, 2.24) is 10.6 Å². The van der Waals surface area contributed by atoms with Crippen molar-refractivity contribution in [3.63, 3.8) is 0 Å². The summed E-state index contributed by atoms with van der Waals surface area (Å²) in [7, 11) is 0. The lowest BCUT2D eigenvalue weighted by atomic mass is 10.1. The molecule has 2 amide bonds. The zero-order valence-electron chi connectivity index (χ0n) is 11.2. The zero-order valence-corrected chi connectivity index (χ0v) is 11.2. The molecule has 106 valence electrons. The molecule has 1 aromatic carbocycles. The number of aliphatic hydroxyl groups excluding tert-OH is 1. The summed E-state index contributed by atoms with van der Waals surface area (Å²) >= 11 is 0. The lowest BCUT2D eigenvalue weighted by Crippen LogP contribution is -2.42. The first kappa shape index (κ1) is 15.3. The van der Waals surface area contributed by atoms with Gasteiger partial charge in [0.2, 0.25) is 0 Å². The number of rotatable bonds is 7. The Hall–Kier alpha value is -1.75. The molecule has 19 heavy (non-hydrogen) atoms. The number of carbonyl (C=O) groups excluding carboxylic acids is 1. The Morgan fingerprint density at radius 3 is 2.84 bits per heavy atom. The summed E-state index contributed by atoms with van der Waals surface area (Å²) in [5, 5.41) is 23.7. The fraction of sp³-hybridized carbons (Fsp3) is 0.500. The lowest BCUT2D eigenvalue weighted by Gasteiger charge is -2.16. The fourth-order valence-corrected chi connectivity index (χ4v) is 1.80. The molecule has 0 spiro atoms. The van der Waals surface area contributed by atoms with Crippen LogP contribution >= 0.6 is 0 Å². The van der Waals surface area contributed by atoms with Crippen molar-refractivity contribution in [2.45, 2.75) is 32.2 Å². The van der Waals surface area contributed by atoms with E-state index in [1.807, 2.05) is 13.0 Å². The largest absolute Gasteiger partial charge is 0.508 e. The minimum absolute atomic E-state index is 0.00534. The Labute approximate surface area is 113 Å². The van der Waals surface area contributed by atoms with E-state index < -0.39 is 0 Å². The second kappa shape index (κ2) is 8.37. The average Bonchev–Trinajstić information content (AvgIpc) is 2.38. The van der Waals surface area contributed by atoms with Gasteiger partial charge in [-0.3, -0.25) is 0 Å². The van der Waals surface area contributed by atoms with Gasteiger partial charge in [-0.1, -0.05) is 19.1 Å². The SMILES string of the molecule is CCC(CCO)NC(=O)NCCc1cccc(O)c1. The molecular formula is C14H22N2O3. The van der Waals surface area contributed by atoms with E-state index in [1.165, 1.54) is 0 Å². The number of phenols is 1. The van der Waals surface area contributed by atoms with Gasteiger partial charge in [0.05, 0.1) is 0 Å². The topological polar surface area (TPSA) is 81.6 Å². The first-order valence-corrected chi connectivity index (χ1v) is 6.58. The Morgan fingerprint density at radius 2 is 2.21 bits per heavy atom. The maximum absolute atomic E-state index is 11.6. The van der Waals surface area contributed by atoms with E-state index in [9.17, 15) is 9.90 Å². The molecule has 0 radical (unpaired) electrons.